The quantitative estimate of drug-likeness (QED) is 0.242. The summed E-state index contributed by atoms with van der Waals surface area (Å²) in [5.41, 5.74) is 0.843. The van der Waals surface area contributed by atoms with E-state index >= 15 is 0 Å². The first-order valence-corrected chi connectivity index (χ1v) is 11.0. The van der Waals surface area contributed by atoms with Crippen molar-refractivity contribution in [1.82, 2.24) is 0 Å². The van der Waals surface area contributed by atoms with Crippen LogP contribution in [0.2, 0.25) is 0 Å². The molecule has 160 valence electrons. The Morgan fingerprint density at radius 3 is 2.68 bits per heavy atom. The molecule has 0 aromatic rings. The standard InChI is InChI=1S/C23H38O5/c1-3-4-5-6-7-10-18(24)12-13-19-20-16-17(9-8-11-22(26)27)23(20,28-2)15-14-21(19)25/h9-10,19-21,24-25H,3-8,11-16H2,1-2H3,(H,26,27)/t19-,20-,21-,23+/m0/s1. The number of unbranched alkanes of at least 4 members (excludes halogenated alkanes) is 4. The van der Waals surface area contributed by atoms with Crippen LogP contribution < -0.4 is 0 Å². The van der Waals surface area contributed by atoms with Gasteiger partial charge in [0.1, 0.15) is 0 Å². The summed E-state index contributed by atoms with van der Waals surface area (Å²) in [7, 11) is 1.72. The average molecular weight is 395 g/mol. The van der Waals surface area contributed by atoms with Crippen molar-refractivity contribution >= 4 is 5.97 Å². The Morgan fingerprint density at radius 2 is 2.00 bits per heavy atom. The van der Waals surface area contributed by atoms with Crippen molar-refractivity contribution < 1.29 is 24.9 Å². The Hall–Kier alpha value is -1.33. The van der Waals surface area contributed by atoms with E-state index in [1.54, 1.807) is 7.11 Å². The number of aliphatic hydroxyl groups is 2. The summed E-state index contributed by atoms with van der Waals surface area (Å²) < 4.78 is 5.93. The van der Waals surface area contributed by atoms with Gasteiger partial charge in [-0.2, -0.15) is 0 Å². The number of hydrogen-bond acceptors (Lipinski definition) is 4. The topological polar surface area (TPSA) is 87.0 Å². The van der Waals surface area contributed by atoms with Gasteiger partial charge in [-0.1, -0.05) is 32.3 Å². The van der Waals surface area contributed by atoms with Crippen molar-refractivity contribution in [3.05, 3.63) is 23.5 Å². The van der Waals surface area contributed by atoms with Gasteiger partial charge in [-0.25, -0.2) is 0 Å². The number of methoxy groups -OCH3 is 1. The number of fused-ring (bicyclic) bond motifs is 1. The second kappa shape index (κ2) is 11.0. The highest BCUT2D eigenvalue weighted by molar-refractivity contribution is 5.66. The summed E-state index contributed by atoms with van der Waals surface area (Å²) in [5.74, 6) is 0.0116. The Morgan fingerprint density at radius 1 is 1.21 bits per heavy atom. The van der Waals surface area contributed by atoms with E-state index in [4.69, 9.17) is 9.84 Å². The molecule has 0 amide bonds. The number of aliphatic hydroxyl groups excluding tert-OH is 2. The van der Waals surface area contributed by atoms with Crippen LogP contribution >= 0.6 is 0 Å². The van der Waals surface area contributed by atoms with E-state index in [0.29, 0.717) is 25.0 Å². The lowest BCUT2D eigenvalue weighted by Gasteiger charge is -2.58. The molecule has 0 aromatic carbocycles. The maximum Gasteiger partial charge on any atom is 0.303 e. The van der Waals surface area contributed by atoms with Gasteiger partial charge in [0.05, 0.1) is 17.5 Å². The summed E-state index contributed by atoms with van der Waals surface area (Å²) in [6.45, 7) is 2.19. The van der Waals surface area contributed by atoms with Crippen molar-refractivity contribution in [3.8, 4) is 0 Å². The van der Waals surface area contributed by atoms with Gasteiger partial charge in [0.2, 0.25) is 0 Å². The van der Waals surface area contributed by atoms with Crippen LogP contribution in [0.3, 0.4) is 0 Å². The number of carboxylic acids is 1. The second-order valence-corrected chi connectivity index (χ2v) is 8.42. The SMILES string of the molecule is CCCCCCC=C(O)CC[C@@H]1[C@@H](O)CC[C@@]2(OC)C(=CCCC(=O)O)C[C@@H]12. The summed E-state index contributed by atoms with van der Waals surface area (Å²) in [5, 5.41) is 29.6. The van der Waals surface area contributed by atoms with Crippen LogP contribution in [0, 0.1) is 11.8 Å². The summed E-state index contributed by atoms with van der Waals surface area (Å²) >= 11 is 0. The van der Waals surface area contributed by atoms with E-state index in [0.717, 1.165) is 32.1 Å². The van der Waals surface area contributed by atoms with Crippen LogP contribution in [0.25, 0.3) is 0 Å². The predicted molar refractivity (Wildman–Crippen MR) is 110 cm³/mol. The molecular weight excluding hydrogens is 356 g/mol. The van der Waals surface area contributed by atoms with Crippen molar-refractivity contribution in [2.45, 2.75) is 95.7 Å². The normalized spacial score (nSPS) is 31.5. The molecule has 2 rings (SSSR count). The van der Waals surface area contributed by atoms with Gasteiger partial charge in [-0.05, 0) is 62.5 Å². The van der Waals surface area contributed by atoms with E-state index in [1.165, 1.54) is 24.8 Å². The van der Waals surface area contributed by atoms with Crippen molar-refractivity contribution in [3.63, 3.8) is 0 Å². The van der Waals surface area contributed by atoms with Gasteiger partial charge >= 0.3 is 5.97 Å². The highest BCUT2D eigenvalue weighted by atomic mass is 16.5. The zero-order valence-electron chi connectivity index (χ0n) is 17.5. The van der Waals surface area contributed by atoms with Crippen molar-refractivity contribution in [1.29, 1.82) is 0 Å². The monoisotopic (exact) mass is 394 g/mol. The van der Waals surface area contributed by atoms with E-state index in [1.807, 2.05) is 12.2 Å². The Balaban J connectivity index is 1.90. The molecule has 0 unspecified atom stereocenters. The van der Waals surface area contributed by atoms with Crippen LogP contribution in [-0.2, 0) is 9.53 Å². The number of ether oxygens (including phenoxy) is 1. The molecule has 2 fully saturated rings. The van der Waals surface area contributed by atoms with Crippen molar-refractivity contribution in [2.75, 3.05) is 7.11 Å². The van der Waals surface area contributed by atoms with Crippen molar-refractivity contribution in [2.24, 2.45) is 11.8 Å². The molecule has 3 N–H and O–H groups in total. The average Bonchev–Trinajstić information content (AvgIpc) is 2.65. The van der Waals surface area contributed by atoms with Gasteiger partial charge < -0.3 is 20.1 Å². The van der Waals surface area contributed by atoms with Gasteiger partial charge in [0.15, 0.2) is 0 Å². The number of carboxylic acid groups (broad SMARTS) is 1. The third-order valence-corrected chi connectivity index (χ3v) is 6.69. The fourth-order valence-electron chi connectivity index (χ4n) is 5.03. The van der Waals surface area contributed by atoms with Crippen LogP contribution in [0.4, 0.5) is 0 Å². The third-order valence-electron chi connectivity index (χ3n) is 6.69. The summed E-state index contributed by atoms with van der Waals surface area (Å²) in [4.78, 5) is 10.8. The Labute approximate surface area is 169 Å². The molecular formula is C23H38O5. The molecule has 5 nitrogen and oxygen atoms in total. The first-order valence-electron chi connectivity index (χ1n) is 11.0. The molecule has 0 bridgehead atoms. The molecule has 0 heterocycles. The molecule has 2 aliphatic rings. The number of aliphatic carboxylic acids is 1. The first kappa shape index (κ1) is 23.0. The first-order chi connectivity index (χ1) is 13.4. The molecule has 4 atom stereocenters. The molecule has 5 heteroatoms. The van der Waals surface area contributed by atoms with Gasteiger partial charge in [-0.3, -0.25) is 4.79 Å². The third kappa shape index (κ3) is 5.60. The summed E-state index contributed by atoms with van der Waals surface area (Å²) in [6, 6.07) is 0. The second-order valence-electron chi connectivity index (χ2n) is 8.42. The molecule has 0 spiro atoms. The maximum atomic E-state index is 10.8. The van der Waals surface area contributed by atoms with Crippen LogP contribution in [0.5, 0.6) is 0 Å². The number of rotatable bonds is 12. The molecule has 28 heavy (non-hydrogen) atoms. The molecule has 0 saturated heterocycles. The zero-order valence-corrected chi connectivity index (χ0v) is 17.5. The number of hydrogen-bond donors (Lipinski definition) is 3. The lowest BCUT2D eigenvalue weighted by atomic mass is 9.52. The van der Waals surface area contributed by atoms with Crippen LogP contribution in [-0.4, -0.2) is 40.1 Å². The minimum Gasteiger partial charge on any atom is -0.513 e. The largest absolute Gasteiger partial charge is 0.513 e. The highest BCUT2D eigenvalue weighted by Gasteiger charge is 2.58. The van der Waals surface area contributed by atoms with E-state index in [2.05, 4.69) is 6.92 Å². The van der Waals surface area contributed by atoms with Crippen LogP contribution in [0.15, 0.2) is 23.5 Å². The molecule has 2 saturated carbocycles. The minimum absolute atomic E-state index is 0.112. The van der Waals surface area contributed by atoms with Gasteiger partial charge in [0, 0.05) is 25.9 Å². The molecule has 0 aliphatic heterocycles. The zero-order chi connectivity index (χ0) is 20.6. The smallest absolute Gasteiger partial charge is 0.303 e. The molecule has 0 aromatic heterocycles. The van der Waals surface area contributed by atoms with Gasteiger partial charge in [-0.15, -0.1) is 0 Å². The lowest BCUT2D eigenvalue weighted by Crippen LogP contribution is -2.59. The fourth-order valence-corrected chi connectivity index (χ4v) is 5.03. The number of allylic oxidation sites excluding steroid dienone is 3. The molecule has 2 aliphatic carbocycles. The van der Waals surface area contributed by atoms with Gasteiger partial charge in [0.25, 0.3) is 0 Å². The minimum atomic E-state index is -0.784. The molecule has 0 radical (unpaired) electrons. The van der Waals surface area contributed by atoms with E-state index in [-0.39, 0.29) is 30.0 Å². The Bertz CT molecular complexity index is 567. The van der Waals surface area contributed by atoms with E-state index < -0.39 is 5.97 Å². The summed E-state index contributed by atoms with van der Waals surface area (Å²) in [6.07, 6.45) is 13.6. The fraction of sp³-hybridized carbons (Fsp3) is 0.783. The highest BCUT2D eigenvalue weighted by Crippen LogP contribution is 2.58. The van der Waals surface area contributed by atoms with E-state index in [9.17, 15) is 15.0 Å². The lowest BCUT2D eigenvalue weighted by molar-refractivity contribution is -0.153. The maximum absolute atomic E-state index is 10.8. The predicted octanol–water partition coefficient (Wildman–Crippen LogP) is 5.15. The Kier molecular flexibility index (Phi) is 9.03. The number of carbonyl (C=O) groups is 1. The van der Waals surface area contributed by atoms with Crippen LogP contribution in [0.1, 0.15) is 84.0 Å².